The number of ether oxygens (including phenoxy) is 1. The van der Waals surface area contributed by atoms with Gasteiger partial charge in [0.05, 0.1) is 5.56 Å². The lowest BCUT2D eigenvalue weighted by atomic mass is 10.3. The number of nitrogens with one attached hydrogen (secondary N) is 2. The number of hydrogen-bond acceptors (Lipinski definition) is 4. The number of esters is 1. The molecule has 0 atom stereocenters. The second kappa shape index (κ2) is 5.62. The van der Waals surface area contributed by atoms with Gasteiger partial charge in [0.25, 0.3) is 5.91 Å². The predicted molar refractivity (Wildman–Crippen MR) is 63.0 cm³/mol. The smallest absolute Gasteiger partial charge is 0.332 e. The molecule has 1 amide bonds. The van der Waals surface area contributed by atoms with Crippen molar-refractivity contribution in [1.82, 2.24) is 15.3 Å². The van der Waals surface area contributed by atoms with Crippen LogP contribution in [0.3, 0.4) is 0 Å². The minimum absolute atomic E-state index is 0.202. The Morgan fingerprint density at radius 1 is 1.33 bits per heavy atom. The maximum Gasteiger partial charge on any atom is 0.332 e. The number of aromatic nitrogens is 2. The van der Waals surface area contributed by atoms with Crippen molar-refractivity contribution in [2.45, 2.75) is 0 Å². The zero-order valence-corrected chi connectivity index (χ0v) is 9.42. The van der Waals surface area contributed by atoms with Crippen molar-refractivity contribution < 1.29 is 14.3 Å². The highest BCUT2D eigenvalue weighted by molar-refractivity contribution is 5.95. The van der Waals surface area contributed by atoms with E-state index in [1.165, 1.54) is 6.20 Å². The number of amides is 1. The third-order valence-electron chi connectivity index (χ3n) is 2.11. The van der Waals surface area contributed by atoms with Crippen molar-refractivity contribution in [1.29, 1.82) is 0 Å². The number of pyridine rings is 1. The Morgan fingerprint density at radius 3 is 2.89 bits per heavy atom. The molecule has 0 saturated carbocycles. The van der Waals surface area contributed by atoms with Crippen molar-refractivity contribution in [2.75, 3.05) is 6.54 Å². The first-order chi connectivity index (χ1) is 8.75. The molecule has 2 aromatic heterocycles. The zero-order valence-electron chi connectivity index (χ0n) is 9.42. The lowest BCUT2D eigenvalue weighted by molar-refractivity contribution is -0.133. The maximum atomic E-state index is 11.6. The van der Waals surface area contributed by atoms with Gasteiger partial charge in [-0.1, -0.05) is 0 Å². The van der Waals surface area contributed by atoms with Gasteiger partial charge in [-0.3, -0.25) is 9.78 Å². The molecule has 18 heavy (non-hydrogen) atoms. The molecule has 0 aliphatic carbocycles. The minimum Gasteiger partial charge on any atom is -0.408 e. The Bertz CT molecular complexity index is 523. The Kier molecular flexibility index (Phi) is 3.70. The molecule has 0 radical (unpaired) electrons. The van der Waals surface area contributed by atoms with Crippen molar-refractivity contribution >= 4 is 11.9 Å². The Balaban J connectivity index is 1.81. The molecule has 2 N–H and O–H groups in total. The van der Waals surface area contributed by atoms with Crippen LogP contribution in [0.25, 0.3) is 0 Å². The van der Waals surface area contributed by atoms with E-state index in [1.807, 2.05) is 0 Å². The molecule has 6 heteroatoms. The SMILES string of the molecule is O=C(CNC(=O)c1cccnc1)Oc1ccc[nH]1. The highest BCUT2D eigenvalue weighted by Gasteiger charge is 2.09. The summed E-state index contributed by atoms with van der Waals surface area (Å²) in [5.41, 5.74) is 0.394. The number of H-pyrrole nitrogens is 1. The number of nitrogens with zero attached hydrogens (tertiary/aromatic N) is 1. The summed E-state index contributed by atoms with van der Waals surface area (Å²) in [7, 11) is 0. The summed E-state index contributed by atoms with van der Waals surface area (Å²) in [6.07, 6.45) is 4.62. The van der Waals surface area contributed by atoms with Crippen molar-refractivity contribution in [3.8, 4) is 5.88 Å². The van der Waals surface area contributed by atoms with E-state index in [0.29, 0.717) is 11.4 Å². The van der Waals surface area contributed by atoms with Gasteiger partial charge >= 0.3 is 5.97 Å². The highest BCUT2D eigenvalue weighted by atomic mass is 16.5. The fourth-order valence-corrected chi connectivity index (χ4v) is 1.29. The first kappa shape index (κ1) is 11.8. The molecule has 92 valence electrons. The summed E-state index contributed by atoms with van der Waals surface area (Å²) < 4.78 is 4.92. The Hall–Kier alpha value is -2.63. The second-order valence-electron chi connectivity index (χ2n) is 3.43. The summed E-state index contributed by atoms with van der Waals surface area (Å²) >= 11 is 0. The van der Waals surface area contributed by atoms with Crippen LogP contribution in [0.2, 0.25) is 0 Å². The molecule has 2 rings (SSSR count). The van der Waals surface area contributed by atoms with Crippen LogP contribution >= 0.6 is 0 Å². The quantitative estimate of drug-likeness (QED) is 0.778. The first-order valence-corrected chi connectivity index (χ1v) is 5.28. The second-order valence-corrected chi connectivity index (χ2v) is 3.43. The Morgan fingerprint density at radius 2 is 2.22 bits per heavy atom. The van der Waals surface area contributed by atoms with Gasteiger partial charge in [0.2, 0.25) is 5.88 Å². The fourth-order valence-electron chi connectivity index (χ4n) is 1.29. The van der Waals surface area contributed by atoms with Gasteiger partial charge in [-0.05, 0) is 18.2 Å². The van der Waals surface area contributed by atoms with E-state index in [0.717, 1.165) is 0 Å². The van der Waals surface area contributed by atoms with E-state index in [4.69, 9.17) is 4.74 Å². The van der Waals surface area contributed by atoms with E-state index < -0.39 is 5.97 Å². The van der Waals surface area contributed by atoms with E-state index in [2.05, 4.69) is 15.3 Å². The lowest BCUT2D eigenvalue weighted by Crippen LogP contribution is -2.31. The minimum atomic E-state index is -0.547. The van der Waals surface area contributed by atoms with E-state index in [1.54, 1.807) is 36.7 Å². The van der Waals surface area contributed by atoms with Crippen LogP contribution in [0.15, 0.2) is 42.9 Å². The maximum absolute atomic E-state index is 11.6. The van der Waals surface area contributed by atoms with Crippen LogP contribution in [-0.2, 0) is 4.79 Å². The predicted octanol–water partition coefficient (Wildman–Crippen LogP) is 0.745. The molecular weight excluding hydrogens is 234 g/mol. The number of aromatic amines is 1. The molecule has 6 nitrogen and oxygen atoms in total. The zero-order chi connectivity index (χ0) is 12.8. The molecule has 0 aliphatic rings. The molecule has 2 aromatic rings. The fraction of sp³-hybridized carbons (Fsp3) is 0.0833. The molecule has 0 fully saturated rings. The Labute approximate surface area is 103 Å². The van der Waals surface area contributed by atoms with E-state index in [-0.39, 0.29) is 12.5 Å². The van der Waals surface area contributed by atoms with Crippen molar-refractivity contribution in [2.24, 2.45) is 0 Å². The van der Waals surface area contributed by atoms with Gasteiger partial charge in [-0.15, -0.1) is 0 Å². The standard InChI is InChI=1S/C12H11N3O3/c16-11(18-10-4-2-6-14-10)8-15-12(17)9-3-1-5-13-7-9/h1-7,14H,8H2,(H,15,17). The number of rotatable bonds is 4. The van der Waals surface area contributed by atoms with Crippen molar-refractivity contribution in [3.63, 3.8) is 0 Å². The van der Waals surface area contributed by atoms with Gasteiger partial charge < -0.3 is 15.0 Å². The van der Waals surface area contributed by atoms with Gasteiger partial charge in [0.1, 0.15) is 6.54 Å². The van der Waals surface area contributed by atoms with Crippen LogP contribution in [0.5, 0.6) is 5.88 Å². The molecule has 0 aromatic carbocycles. The topological polar surface area (TPSA) is 84.1 Å². The molecular formula is C12H11N3O3. The number of carbonyl (C=O) groups excluding carboxylic acids is 2. The summed E-state index contributed by atoms with van der Waals surface area (Å²) in [4.78, 5) is 29.5. The molecule has 0 bridgehead atoms. The van der Waals surface area contributed by atoms with Crippen LogP contribution < -0.4 is 10.1 Å². The van der Waals surface area contributed by atoms with Crippen LogP contribution in [0.4, 0.5) is 0 Å². The average molecular weight is 245 g/mol. The normalized spacial score (nSPS) is 9.78. The largest absolute Gasteiger partial charge is 0.408 e. The summed E-state index contributed by atoms with van der Waals surface area (Å²) in [5.74, 6) is -0.572. The van der Waals surface area contributed by atoms with Crippen LogP contribution in [0, 0.1) is 0 Å². The molecule has 0 aliphatic heterocycles. The molecule has 0 saturated heterocycles. The third-order valence-corrected chi connectivity index (χ3v) is 2.11. The lowest BCUT2D eigenvalue weighted by Gasteiger charge is -2.04. The average Bonchev–Trinajstić information content (AvgIpc) is 2.90. The highest BCUT2D eigenvalue weighted by Crippen LogP contribution is 2.04. The molecule has 2 heterocycles. The molecule has 0 spiro atoms. The van der Waals surface area contributed by atoms with Gasteiger partial charge in [0, 0.05) is 24.7 Å². The summed E-state index contributed by atoms with van der Waals surface area (Å²) in [5, 5.41) is 2.44. The summed E-state index contributed by atoms with van der Waals surface area (Å²) in [6, 6.07) is 6.57. The number of hydrogen-bond donors (Lipinski definition) is 2. The molecule has 0 unspecified atom stereocenters. The number of carbonyl (C=O) groups is 2. The van der Waals surface area contributed by atoms with Gasteiger partial charge in [-0.2, -0.15) is 0 Å². The van der Waals surface area contributed by atoms with E-state index in [9.17, 15) is 9.59 Å². The van der Waals surface area contributed by atoms with E-state index >= 15 is 0 Å². The van der Waals surface area contributed by atoms with Gasteiger partial charge in [-0.25, -0.2) is 4.79 Å². The monoisotopic (exact) mass is 245 g/mol. The van der Waals surface area contributed by atoms with Gasteiger partial charge in [0.15, 0.2) is 0 Å². The summed E-state index contributed by atoms with van der Waals surface area (Å²) in [6.45, 7) is -0.202. The third kappa shape index (κ3) is 3.18. The van der Waals surface area contributed by atoms with Crippen molar-refractivity contribution in [3.05, 3.63) is 48.4 Å². The van der Waals surface area contributed by atoms with Crippen LogP contribution in [0.1, 0.15) is 10.4 Å². The van der Waals surface area contributed by atoms with Crippen LogP contribution in [-0.4, -0.2) is 28.4 Å². The first-order valence-electron chi connectivity index (χ1n) is 5.28.